The van der Waals surface area contributed by atoms with Gasteiger partial charge in [-0.15, -0.1) is 11.3 Å². The van der Waals surface area contributed by atoms with Crippen molar-refractivity contribution in [1.29, 1.82) is 0 Å². The van der Waals surface area contributed by atoms with E-state index in [1.165, 1.54) is 12.8 Å². The van der Waals surface area contributed by atoms with Crippen LogP contribution in [0, 0.1) is 0 Å². The lowest BCUT2D eigenvalue weighted by Crippen LogP contribution is -2.30. The first-order valence-corrected chi connectivity index (χ1v) is 10.3. The third kappa shape index (κ3) is 3.51. The van der Waals surface area contributed by atoms with Crippen LogP contribution in [-0.4, -0.2) is 37.8 Å². The lowest BCUT2D eigenvalue weighted by atomic mass is 10.1. The lowest BCUT2D eigenvalue weighted by molar-refractivity contribution is -0.130. The molecule has 7 heteroatoms. The van der Waals surface area contributed by atoms with Crippen molar-refractivity contribution >= 4 is 34.0 Å². The highest BCUT2D eigenvalue weighted by atomic mass is 32.1. The molecule has 0 saturated heterocycles. The lowest BCUT2D eigenvalue weighted by Gasteiger charge is -2.18. The normalized spacial score (nSPS) is 16.5. The van der Waals surface area contributed by atoms with Gasteiger partial charge in [-0.3, -0.25) is 4.79 Å². The van der Waals surface area contributed by atoms with Gasteiger partial charge in [-0.2, -0.15) is 0 Å². The molecule has 138 valence electrons. The maximum atomic E-state index is 11.9. The van der Waals surface area contributed by atoms with E-state index in [0.29, 0.717) is 18.6 Å². The molecule has 27 heavy (non-hydrogen) atoms. The molecule has 2 saturated carbocycles. The van der Waals surface area contributed by atoms with E-state index in [0.717, 1.165) is 45.8 Å². The number of amides is 1. The molecule has 2 aliphatic rings. The number of aromatic nitrogens is 3. The van der Waals surface area contributed by atoms with Crippen LogP contribution in [0.3, 0.4) is 0 Å². The van der Waals surface area contributed by atoms with E-state index in [-0.39, 0.29) is 5.91 Å². The van der Waals surface area contributed by atoms with E-state index in [1.54, 1.807) is 24.6 Å². The van der Waals surface area contributed by atoms with Crippen molar-refractivity contribution in [2.75, 3.05) is 5.32 Å². The third-order valence-electron chi connectivity index (χ3n) is 5.10. The average molecular weight is 379 g/mol. The molecular formula is C20H21N5OS. The Bertz CT molecular complexity index is 1010. The van der Waals surface area contributed by atoms with Crippen molar-refractivity contribution in [2.45, 2.75) is 51.2 Å². The second-order valence-corrected chi connectivity index (χ2v) is 8.32. The molecule has 6 nitrogen and oxygen atoms in total. The van der Waals surface area contributed by atoms with Crippen LogP contribution in [0.15, 0.2) is 29.9 Å². The Morgan fingerprint density at radius 1 is 1.26 bits per heavy atom. The van der Waals surface area contributed by atoms with Gasteiger partial charge in [-0.1, -0.05) is 6.07 Å². The minimum Gasteiger partial charge on any atom is -0.367 e. The number of hydrogen-bond donors (Lipinski definition) is 1. The number of carbonyl (C=O) groups excluding carboxylic acids is 1. The van der Waals surface area contributed by atoms with Crippen molar-refractivity contribution < 1.29 is 4.79 Å². The predicted molar refractivity (Wildman–Crippen MR) is 107 cm³/mol. The molecule has 2 heterocycles. The summed E-state index contributed by atoms with van der Waals surface area (Å²) in [6.45, 7) is 2.25. The zero-order valence-electron chi connectivity index (χ0n) is 15.2. The molecule has 1 N–H and O–H groups in total. The van der Waals surface area contributed by atoms with Crippen molar-refractivity contribution in [3.8, 4) is 11.3 Å². The number of benzene rings is 1. The topological polar surface area (TPSA) is 71.0 Å². The molecule has 1 amide bonds. The molecule has 5 rings (SSSR count). The van der Waals surface area contributed by atoms with Crippen LogP contribution >= 0.6 is 11.3 Å². The first-order chi connectivity index (χ1) is 13.2. The van der Waals surface area contributed by atoms with E-state index in [2.05, 4.69) is 32.8 Å². The van der Waals surface area contributed by atoms with E-state index in [4.69, 9.17) is 4.98 Å². The highest BCUT2D eigenvalue weighted by Crippen LogP contribution is 2.32. The largest absolute Gasteiger partial charge is 0.367 e. The highest BCUT2D eigenvalue weighted by molar-refractivity contribution is 7.09. The maximum absolute atomic E-state index is 11.9. The SMILES string of the molecule is CC(=O)N(Cc1nc(-c2ccc3ncnc(NC4CC4)c3c2)cs1)C1CC1. The first-order valence-electron chi connectivity index (χ1n) is 9.40. The van der Waals surface area contributed by atoms with Crippen molar-refractivity contribution in [3.05, 3.63) is 34.9 Å². The van der Waals surface area contributed by atoms with Crippen molar-refractivity contribution in [1.82, 2.24) is 19.9 Å². The van der Waals surface area contributed by atoms with Gasteiger partial charge in [-0.05, 0) is 37.8 Å². The second kappa shape index (κ2) is 6.56. The van der Waals surface area contributed by atoms with Gasteiger partial charge in [0.25, 0.3) is 0 Å². The van der Waals surface area contributed by atoms with Crippen LogP contribution < -0.4 is 5.32 Å². The minimum absolute atomic E-state index is 0.132. The minimum atomic E-state index is 0.132. The standard InChI is InChI=1S/C20H21N5OS/c1-12(26)25(15-5-6-15)9-19-24-18(10-27-19)13-2-7-17-16(8-13)20(22-11-21-17)23-14-3-4-14/h2,7-8,10-11,14-15H,3-6,9H2,1H3,(H,21,22,23). The monoisotopic (exact) mass is 379 g/mol. The predicted octanol–water partition coefficient (Wildman–Crippen LogP) is 3.84. The number of anilines is 1. The smallest absolute Gasteiger partial charge is 0.220 e. The molecule has 2 aromatic heterocycles. The molecule has 0 spiro atoms. The Kier molecular flexibility index (Phi) is 4.04. The highest BCUT2D eigenvalue weighted by Gasteiger charge is 2.31. The van der Waals surface area contributed by atoms with Gasteiger partial charge in [0.2, 0.25) is 5.91 Å². The number of nitrogens with zero attached hydrogens (tertiary/aromatic N) is 4. The maximum Gasteiger partial charge on any atom is 0.220 e. The summed E-state index contributed by atoms with van der Waals surface area (Å²) in [7, 11) is 0. The molecular weight excluding hydrogens is 358 g/mol. The summed E-state index contributed by atoms with van der Waals surface area (Å²) < 4.78 is 0. The van der Waals surface area contributed by atoms with Crippen LogP contribution in [0.2, 0.25) is 0 Å². The molecule has 0 atom stereocenters. The Balaban J connectivity index is 1.43. The third-order valence-corrected chi connectivity index (χ3v) is 5.93. The summed E-state index contributed by atoms with van der Waals surface area (Å²) >= 11 is 1.61. The van der Waals surface area contributed by atoms with Crippen molar-refractivity contribution in [2.24, 2.45) is 0 Å². The zero-order valence-corrected chi connectivity index (χ0v) is 16.0. The van der Waals surface area contributed by atoms with Crippen LogP contribution in [0.1, 0.15) is 37.6 Å². The molecule has 0 bridgehead atoms. The Morgan fingerprint density at radius 3 is 2.85 bits per heavy atom. The summed E-state index contributed by atoms with van der Waals surface area (Å²) in [4.78, 5) is 27.4. The van der Waals surface area contributed by atoms with Crippen LogP contribution in [-0.2, 0) is 11.3 Å². The number of rotatable bonds is 6. The molecule has 1 aromatic carbocycles. The fourth-order valence-corrected chi connectivity index (χ4v) is 4.10. The zero-order chi connectivity index (χ0) is 18.4. The van der Waals surface area contributed by atoms with Gasteiger partial charge in [0, 0.05) is 35.3 Å². The van der Waals surface area contributed by atoms with Crippen LogP contribution in [0.25, 0.3) is 22.2 Å². The number of hydrogen-bond acceptors (Lipinski definition) is 6. The molecule has 2 fully saturated rings. The van der Waals surface area contributed by atoms with E-state index in [9.17, 15) is 4.79 Å². The summed E-state index contributed by atoms with van der Waals surface area (Å²) in [5.41, 5.74) is 2.93. The summed E-state index contributed by atoms with van der Waals surface area (Å²) in [6, 6.07) is 7.14. The molecule has 2 aliphatic carbocycles. The fourth-order valence-electron chi connectivity index (χ4n) is 3.30. The number of thiazole rings is 1. The number of fused-ring (bicyclic) bond motifs is 1. The van der Waals surface area contributed by atoms with Crippen LogP contribution in [0.5, 0.6) is 0 Å². The Morgan fingerprint density at radius 2 is 2.11 bits per heavy atom. The van der Waals surface area contributed by atoms with Crippen LogP contribution in [0.4, 0.5) is 5.82 Å². The quantitative estimate of drug-likeness (QED) is 0.705. The van der Waals surface area contributed by atoms with Crippen molar-refractivity contribution in [3.63, 3.8) is 0 Å². The molecule has 3 aromatic rings. The molecule has 0 unspecified atom stereocenters. The summed E-state index contributed by atoms with van der Waals surface area (Å²) in [6.07, 6.45) is 6.24. The van der Waals surface area contributed by atoms with E-state index < -0.39 is 0 Å². The van der Waals surface area contributed by atoms with Gasteiger partial charge < -0.3 is 10.2 Å². The number of nitrogens with one attached hydrogen (secondary N) is 1. The van der Waals surface area contributed by atoms with Gasteiger partial charge in [0.1, 0.15) is 17.2 Å². The second-order valence-electron chi connectivity index (χ2n) is 7.38. The summed E-state index contributed by atoms with van der Waals surface area (Å²) in [5, 5.41) is 7.56. The van der Waals surface area contributed by atoms with Gasteiger partial charge >= 0.3 is 0 Å². The van der Waals surface area contributed by atoms with E-state index in [1.807, 2.05) is 11.0 Å². The Labute approximate surface area is 161 Å². The molecule has 0 radical (unpaired) electrons. The Hall–Kier alpha value is -2.54. The molecule has 0 aliphatic heterocycles. The number of carbonyl (C=O) groups is 1. The first kappa shape index (κ1) is 16.6. The average Bonchev–Trinajstić information content (AvgIpc) is 3.60. The van der Waals surface area contributed by atoms with Gasteiger partial charge in [0.05, 0.1) is 17.8 Å². The fraction of sp³-hybridized carbons (Fsp3) is 0.400. The summed E-state index contributed by atoms with van der Waals surface area (Å²) in [5.74, 6) is 1.03. The van der Waals surface area contributed by atoms with E-state index >= 15 is 0 Å². The van der Waals surface area contributed by atoms with Gasteiger partial charge in [-0.25, -0.2) is 15.0 Å². The van der Waals surface area contributed by atoms with Gasteiger partial charge in [0.15, 0.2) is 0 Å².